The highest BCUT2D eigenvalue weighted by atomic mass is 79.9. The van der Waals surface area contributed by atoms with E-state index in [2.05, 4.69) is 50.9 Å². The van der Waals surface area contributed by atoms with E-state index in [1.807, 2.05) is 30.3 Å². The average molecular weight is 404 g/mol. The van der Waals surface area contributed by atoms with Crippen LogP contribution in [0.3, 0.4) is 0 Å². The molecule has 0 aliphatic carbocycles. The van der Waals surface area contributed by atoms with Crippen molar-refractivity contribution in [3.63, 3.8) is 0 Å². The first-order valence-corrected chi connectivity index (χ1v) is 9.14. The van der Waals surface area contributed by atoms with Gasteiger partial charge < -0.3 is 0 Å². The maximum atomic E-state index is 6.24. The Morgan fingerprint density at radius 3 is 2.57 bits per heavy atom. The average Bonchev–Trinajstić information content (AvgIpc) is 3.09. The fourth-order valence-electron chi connectivity index (χ4n) is 2.51. The van der Waals surface area contributed by atoms with E-state index in [1.165, 1.54) is 4.88 Å². The molecule has 0 aliphatic rings. The summed E-state index contributed by atoms with van der Waals surface area (Å²) in [6.45, 7) is 0. The van der Waals surface area contributed by atoms with Crippen molar-refractivity contribution in [2.45, 2.75) is 6.42 Å². The van der Waals surface area contributed by atoms with Gasteiger partial charge in [0, 0.05) is 38.8 Å². The Morgan fingerprint density at radius 1 is 1.04 bits per heavy atom. The van der Waals surface area contributed by atoms with E-state index in [9.17, 15) is 0 Å². The second kappa shape index (κ2) is 6.11. The lowest BCUT2D eigenvalue weighted by Gasteiger charge is -2.00. The van der Waals surface area contributed by atoms with Gasteiger partial charge in [-0.1, -0.05) is 57.9 Å². The minimum absolute atomic E-state index is 0.814. The largest absolute Gasteiger partial charge is 0.297 e. The van der Waals surface area contributed by atoms with Gasteiger partial charge in [0.05, 0.1) is 5.69 Å². The highest BCUT2D eigenvalue weighted by molar-refractivity contribution is 9.10. The summed E-state index contributed by atoms with van der Waals surface area (Å²) < 4.78 is 3.16. The third-order valence-electron chi connectivity index (χ3n) is 3.67. The third-order valence-corrected chi connectivity index (χ3v) is 5.56. The first-order chi connectivity index (χ1) is 11.2. The number of hydrogen-bond acceptors (Lipinski definition) is 2. The van der Waals surface area contributed by atoms with Crippen LogP contribution in [-0.2, 0) is 6.42 Å². The smallest absolute Gasteiger partial charge is 0.194 e. The maximum Gasteiger partial charge on any atom is 0.194 e. The number of benzene rings is 2. The van der Waals surface area contributed by atoms with Crippen molar-refractivity contribution in [2.75, 3.05) is 0 Å². The molecule has 0 fully saturated rings. The molecule has 114 valence electrons. The zero-order valence-electron chi connectivity index (χ0n) is 12.0. The summed E-state index contributed by atoms with van der Waals surface area (Å²) in [6, 6.07) is 16.2. The Labute approximate surface area is 151 Å². The molecule has 0 saturated carbocycles. The minimum atomic E-state index is 0.814. The molecule has 0 radical (unpaired) electrons. The zero-order chi connectivity index (χ0) is 15.8. The number of hydrogen-bond donors (Lipinski definition) is 0. The predicted molar refractivity (Wildman–Crippen MR) is 100 cm³/mol. The number of rotatable bonds is 3. The van der Waals surface area contributed by atoms with E-state index < -0.39 is 0 Å². The molecule has 2 nitrogen and oxygen atoms in total. The van der Waals surface area contributed by atoms with Gasteiger partial charge in [0.2, 0.25) is 0 Å². The highest BCUT2D eigenvalue weighted by Gasteiger charge is 2.09. The second-order valence-electron chi connectivity index (χ2n) is 5.29. The Balaban J connectivity index is 1.64. The number of imidazole rings is 1. The number of thiazole rings is 1. The molecular formula is C18H12BrClN2S. The summed E-state index contributed by atoms with van der Waals surface area (Å²) in [5.74, 6) is 0. The van der Waals surface area contributed by atoms with Gasteiger partial charge in [-0.2, -0.15) is 0 Å². The van der Waals surface area contributed by atoms with Gasteiger partial charge >= 0.3 is 0 Å². The highest BCUT2D eigenvalue weighted by Crippen LogP contribution is 2.27. The minimum Gasteiger partial charge on any atom is -0.297 e. The topological polar surface area (TPSA) is 17.3 Å². The summed E-state index contributed by atoms with van der Waals surface area (Å²) >= 11 is 11.4. The van der Waals surface area contributed by atoms with E-state index in [0.29, 0.717) is 0 Å². The lowest BCUT2D eigenvalue weighted by atomic mass is 10.1. The van der Waals surface area contributed by atoms with Crippen LogP contribution in [0.1, 0.15) is 10.4 Å². The lowest BCUT2D eigenvalue weighted by molar-refractivity contribution is 1.16. The fraction of sp³-hybridized carbons (Fsp3) is 0.0556. The van der Waals surface area contributed by atoms with Crippen LogP contribution >= 0.6 is 38.9 Å². The second-order valence-corrected chi connectivity index (χ2v) is 7.71. The van der Waals surface area contributed by atoms with Crippen LogP contribution in [-0.4, -0.2) is 9.38 Å². The van der Waals surface area contributed by atoms with Gasteiger partial charge in [0.15, 0.2) is 4.96 Å². The van der Waals surface area contributed by atoms with Crippen LogP contribution < -0.4 is 0 Å². The van der Waals surface area contributed by atoms with Crippen LogP contribution in [0.2, 0.25) is 5.02 Å². The molecule has 0 unspecified atom stereocenters. The molecule has 0 spiro atoms. The van der Waals surface area contributed by atoms with Crippen LogP contribution in [0.5, 0.6) is 0 Å². The summed E-state index contributed by atoms with van der Waals surface area (Å²) in [5.41, 5.74) is 3.26. The molecule has 0 atom stereocenters. The molecule has 4 aromatic rings. The van der Waals surface area contributed by atoms with Crippen LogP contribution in [0.25, 0.3) is 16.2 Å². The standard InChI is InChI=1S/C18H12BrClN2S/c19-14-7-5-12(6-8-14)17-11-22-10-15(23-18(22)21-17)9-13-3-1-2-4-16(13)20/h1-8,10-11H,9H2. The molecule has 0 saturated heterocycles. The fourth-order valence-corrected chi connectivity index (χ4v) is 3.96. The molecule has 0 aliphatic heterocycles. The van der Waals surface area contributed by atoms with Crippen molar-refractivity contribution in [2.24, 2.45) is 0 Å². The molecule has 5 heteroatoms. The van der Waals surface area contributed by atoms with E-state index in [1.54, 1.807) is 11.3 Å². The number of fused-ring (bicyclic) bond motifs is 1. The van der Waals surface area contributed by atoms with Crippen molar-refractivity contribution in [3.8, 4) is 11.3 Å². The van der Waals surface area contributed by atoms with Gasteiger partial charge in [-0.3, -0.25) is 4.40 Å². The van der Waals surface area contributed by atoms with Crippen molar-refractivity contribution in [3.05, 3.63) is 80.9 Å². The molecule has 23 heavy (non-hydrogen) atoms. The quantitative estimate of drug-likeness (QED) is 0.406. The van der Waals surface area contributed by atoms with Crippen LogP contribution in [0.15, 0.2) is 65.4 Å². The summed E-state index contributed by atoms with van der Waals surface area (Å²) in [5, 5.41) is 0.814. The first kappa shape index (κ1) is 14.9. The number of nitrogens with zero attached hydrogens (tertiary/aromatic N) is 2. The van der Waals surface area contributed by atoms with E-state index in [4.69, 9.17) is 16.6 Å². The number of aromatic nitrogens is 2. The van der Waals surface area contributed by atoms with E-state index in [0.717, 1.165) is 37.7 Å². The molecule has 0 N–H and O–H groups in total. The van der Waals surface area contributed by atoms with Crippen LogP contribution in [0.4, 0.5) is 0 Å². The summed E-state index contributed by atoms with van der Waals surface area (Å²) in [6.07, 6.45) is 5.05. The molecule has 4 rings (SSSR count). The Morgan fingerprint density at radius 2 is 1.83 bits per heavy atom. The van der Waals surface area contributed by atoms with Gasteiger partial charge in [0.1, 0.15) is 0 Å². The first-order valence-electron chi connectivity index (χ1n) is 7.16. The molecule has 2 aromatic carbocycles. The van der Waals surface area contributed by atoms with Crippen molar-refractivity contribution in [1.29, 1.82) is 0 Å². The monoisotopic (exact) mass is 402 g/mol. The molecule has 2 heterocycles. The zero-order valence-corrected chi connectivity index (χ0v) is 15.2. The van der Waals surface area contributed by atoms with E-state index >= 15 is 0 Å². The van der Waals surface area contributed by atoms with Crippen LogP contribution in [0, 0.1) is 0 Å². The third kappa shape index (κ3) is 3.07. The molecular weight excluding hydrogens is 392 g/mol. The Bertz CT molecular complexity index is 941. The SMILES string of the molecule is Clc1ccccc1Cc1cn2cc(-c3ccc(Br)cc3)nc2s1. The van der Waals surface area contributed by atoms with Crippen molar-refractivity contribution < 1.29 is 0 Å². The summed E-state index contributed by atoms with van der Waals surface area (Å²) in [7, 11) is 0. The van der Waals surface area contributed by atoms with Crippen molar-refractivity contribution >= 4 is 43.8 Å². The van der Waals surface area contributed by atoms with Gasteiger partial charge in [0.25, 0.3) is 0 Å². The summed E-state index contributed by atoms with van der Waals surface area (Å²) in [4.78, 5) is 6.99. The molecule has 2 aromatic heterocycles. The van der Waals surface area contributed by atoms with Crippen molar-refractivity contribution in [1.82, 2.24) is 9.38 Å². The predicted octanol–water partition coefficient (Wildman–Crippen LogP) is 6.07. The lowest BCUT2D eigenvalue weighted by Crippen LogP contribution is -1.86. The van der Waals surface area contributed by atoms with Gasteiger partial charge in [-0.25, -0.2) is 4.98 Å². The normalized spacial score (nSPS) is 11.2. The molecule has 0 amide bonds. The van der Waals surface area contributed by atoms with E-state index in [-0.39, 0.29) is 0 Å². The van der Waals surface area contributed by atoms with Gasteiger partial charge in [-0.05, 0) is 23.8 Å². The Kier molecular flexibility index (Phi) is 3.97. The Hall–Kier alpha value is -1.62. The number of halogens is 2. The van der Waals surface area contributed by atoms with Gasteiger partial charge in [-0.15, -0.1) is 11.3 Å². The molecule has 0 bridgehead atoms. The maximum absolute atomic E-state index is 6.24.